The molecule has 1 unspecified atom stereocenters. The van der Waals surface area contributed by atoms with Crippen molar-refractivity contribution in [2.24, 2.45) is 0 Å². The molecule has 0 aliphatic carbocycles. The van der Waals surface area contributed by atoms with Crippen LogP contribution in [0.5, 0.6) is 0 Å². The van der Waals surface area contributed by atoms with Crippen LogP contribution in [0.2, 0.25) is 0 Å². The number of hydrogen-bond acceptors (Lipinski definition) is 3. The lowest BCUT2D eigenvalue weighted by molar-refractivity contribution is -0.121. The lowest BCUT2D eigenvalue weighted by Crippen LogP contribution is -2.52. The molecule has 2 amide bonds. The van der Waals surface area contributed by atoms with Gasteiger partial charge < -0.3 is 16.0 Å². The van der Waals surface area contributed by atoms with Gasteiger partial charge >= 0.3 is 0 Å². The van der Waals surface area contributed by atoms with Gasteiger partial charge in [0.2, 0.25) is 5.91 Å². The van der Waals surface area contributed by atoms with Crippen LogP contribution in [0.15, 0.2) is 48.5 Å². The Hall–Kier alpha value is -2.82. The highest BCUT2D eigenvalue weighted by atomic mass is 16.2. The standard InChI is InChI=1S/C19H21N3O2/c1-13-8-10-14(11-9-13)22-12-4-7-17(19(22)24)21-18(23)15-5-2-3-6-16(15)20/h2-3,5-6,8-11,17H,4,7,12,20H2,1H3,(H,21,23). The van der Waals surface area contributed by atoms with Gasteiger partial charge in [-0.05, 0) is 44.0 Å². The van der Waals surface area contributed by atoms with E-state index >= 15 is 0 Å². The van der Waals surface area contributed by atoms with Crippen molar-refractivity contribution in [1.29, 1.82) is 0 Å². The van der Waals surface area contributed by atoms with E-state index in [4.69, 9.17) is 5.73 Å². The third-order valence-corrected chi connectivity index (χ3v) is 4.30. The molecule has 24 heavy (non-hydrogen) atoms. The third-order valence-electron chi connectivity index (χ3n) is 4.30. The maximum atomic E-state index is 12.7. The van der Waals surface area contributed by atoms with Crippen molar-refractivity contribution in [3.05, 3.63) is 59.7 Å². The molecule has 1 aliphatic heterocycles. The fourth-order valence-electron chi connectivity index (χ4n) is 2.93. The van der Waals surface area contributed by atoms with E-state index in [-0.39, 0.29) is 11.8 Å². The number of nitrogens with one attached hydrogen (secondary N) is 1. The monoisotopic (exact) mass is 323 g/mol. The Bertz CT molecular complexity index is 755. The number of nitrogens with two attached hydrogens (primary N) is 1. The van der Waals surface area contributed by atoms with E-state index in [1.807, 2.05) is 31.2 Å². The molecule has 2 aromatic carbocycles. The van der Waals surface area contributed by atoms with Gasteiger partial charge in [-0.25, -0.2) is 0 Å². The number of carbonyl (C=O) groups excluding carboxylic acids is 2. The van der Waals surface area contributed by atoms with Crippen molar-refractivity contribution in [2.75, 3.05) is 17.2 Å². The maximum absolute atomic E-state index is 12.7. The van der Waals surface area contributed by atoms with Crippen LogP contribution in [-0.4, -0.2) is 24.4 Å². The van der Waals surface area contributed by atoms with E-state index in [0.29, 0.717) is 24.2 Å². The molecule has 3 rings (SSSR count). The Kier molecular flexibility index (Phi) is 4.51. The van der Waals surface area contributed by atoms with Gasteiger partial charge in [-0.1, -0.05) is 29.8 Å². The van der Waals surface area contributed by atoms with Crippen molar-refractivity contribution in [3.8, 4) is 0 Å². The Balaban J connectivity index is 1.74. The van der Waals surface area contributed by atoms with E-state index < -0.39 is 6.04 Å². The minimum absolute atomic E-state index is 0.0760. The normalized spacial score (nSPS) is 17.6. The largest absolute Gasteiger partial charge is 0.398 e. The molecule has 1 atom stereocenters. The quantitative estimate of drug-likeness (QED) is 0.852. The number of benzene rings is 2. The summed E-state index contributed by atoms with van der Waals surface area (Å²) >= 11 is 0. The van der Waals surface area contributed by atoms with Crippen LogP contribution in [0.3, 0.4) is 0 Å². The van der Waals surface area contributed by atoms with Crippen LogP contribution in [0.1, 0.15) is 28.8 Å². The Morgan fingerprint density at radius 3 is 2.58 bits per heavy atom. The van der Waals surface area contributed by atoms with Gasteiger partial charge in [0.05, 0.1) is 5.56 Å². The summed E-state index contributed by atoms with van der Waals surface area (Å²) in [7, 11) is 0. The molecule has 124 valence electrons. The average Bonchev–Trinajstić information content (AvgIpc) is 2.58. The van der Waals surface area contributed by atoms with E-state index in [0.717, 1.165) is 17.7 Å². The predicted molar refractivity (Wildman–Crippen MR) is 94.9 cm³/mol. The highest BCUT2D eigenvalue weighted by Crippen LogP contribution is 2.22. The summed E-state index contributed by atoms with van der Waals surface area (Å²) < 4.78 is 0. The molecule has 1 fully saturated rings. The van der Waals surface area contributed by atoms with Crippen LogP contribution in [0, 0.1) is 6.92 Å². The molecule has 0 spiro atoms. The number of amides is 2. The first-order chi connectivity index (χ1) is 11.6. The predicted octanol–water partition coefficient (Wildman–Crippen LogP) is 2.50. The topological polar surface area (TPSA) is 75.4 Å². The van der Waals surface area contributed by atoms with E-state index in [9.17, 15) is 9.59 Å². The van der Waals surface area contributed by atoms with Gasteiger partial charge in [0.1, 0.15) is 6.04 Å². The van der Waals surface area contributed by atoms with Gasteiger partial charge in [0.15, 0.2) is 0 Å². The van der Waals surface area contributed by atoms with Crippen LogP contribution < -0.4 is 16.0 Å². The van der Waals surface area contributed by atoms with Gasteiger partial charge in [0, 0.05) is 17.9 Å². The maximum Gasteiger partial charge on any atom is 0.254 e. The molecule has 1 saturated heterocycles. The number of rotatable bonds is 3. The zero-order valence-corrected chi connectivity index (χ0v) is 13.7. The van der Waals surface area contributed by atoms with E-state index in [1.165, 1.54) is 0 Å². The minimum Gasteiger partial charge on any atom is -0.398 e. The first kappa shape index (κ1) is 16.1. The molecule has 3 N–H and O–H groups in total. The van der Waals surface area contributed by atoms with Crippen LogP contribution >= 0.6 is 0 Å². The fraction of sp³-hybridized carbons (Fsp3) is 0.263. The number of nitrogens with zero attached hydrogens (tertiary/aromatic N) is 1. The Labute approximate surface area is 141 Å². The first-order valence-electron chi connectivity index (χ1n) is 8.09. The summed E-state index contributed by atoms with van der Waals surface area (Å²) in [6, 6.07) is 14.2. The molecular formula is C19H21N3O2. The molecule has 0 aromatic heterocycles. The SMILES string of the molecule is Cc1ccc(N2CCCC(NC(=O)c3ccccc3N)C2=O)cc1. The third kappa shape index (κ3) is 3.25. The molecule has 5 nitrogen and oxygen atoms in total. The molecule has 0 bridgehead atoms. The lowest BCUT2D eigenvalue weighted by Gasteiger charge is -2.32. The highest BCUT2D eigenvalue weighted by Gasteiger charge is 2.31. The second kappa shape index (κ2) is 6.74. The van der Waals surface area contributed by atoms with Crippen molar-refractivity contribution in [2.45, 2.75) is 25.8 Å². The fourth-order valence-corrected chi connectivity index (χ4v) is 2.93. The van der Waals surface area contributed by atoms with Crippen LogP contribution in [0.4, 0.5) is 11.4 Å². The number of piperidine rings is 1. The Morgan fingerprint density at radius 2 is 1.88 bits per heavy atom. The molecular weight excluding hydrogens is 302 g/mol. The second-order valence-electron chi connectivity index (χ2n) is 6.08. The smallest absolute Gasteiger partial charge is 0.254 e. The summed E-state index contributed by atoms with van der Waals surface area (Å²) in [5.74, 6) is -0.384. The zero-order chi connectivity index (χ0) is 17.1. The molecule has 2 aromatic rings. The highest BCUT2D eigenvalue weighted by molar-refractivity contribution is 6.04. The number of anilines is 2. The molecule has 0 radical (unpaired) electrons. The van der Waals surface area contributed by atoms with E-state index in [2.05, 4.69) is 5.32 Å². The number of carbonyl (C=O) groups is 2. The van der Waals surface area contributed by atoms with Crippen molar-refractivity contribution >= 4 is 23.2 Å². The van der Waals surface area contributed by atoms with Gasteiger partial charge in [-0.15, -0.1) is 0 Å². The van der Waals surface area contributed by atoms with Crippen molar-refractivity contribution in [3.63, 3.8) is 0 Å². The number of nitrogen functional groups attached to an aromatic ring is 1. The molecule has 1 aliphatic rings. The van der Waals surface area contributed by atoms with Crippen LogP contribution in [-0.2, 0) is 4.79 Å². The second-order valence-corrected chi connectivity index (χ2v) is 6.08. The number of para-hydroxylation sites is 1. The minimum atomic E-state index is -0.521. The Morgan fingerprint density at radius 1 is 1.17 bits per heavy atom. The van der Waals surface area contributed by atoms with Crippen molar-refractivity contribution in [1.82, 2.24) is 5.32 Å². The van der Waals surface area contributed by atoms with Gasteiger partial charge in [0.25, 0.3) is 5.91 Å². The van der Waals surface area contributed by atoms with Gasteiger partial charge in [-0.3, -0.25) is 9.59 Å². The zero-order valence-electron chi connectivity index (χ0n) is 13.7. The lowest BCUT2D eigenvalue weighted by atomic mass is 10.0. The molecule has 5 heteroatoms. The summed E-state index contributed by atoms with van der Waals surface area (Å²) in [5, 5.41) is 2.83. The molecule has 1 heterocycles. The first-order valence-corrected chi connectivity index (χ1v) is 8.09. The summed E-state index contributed by atoms with van der Waals surface area (Å²) in [5.41, 5.74) is 8.66. The van der Waals surface area contributed by atoms with Gasteiger partial charge in [-0.2, -0.15) is 0 Å². The van der Waals surface area contributed by atoms with Crippen LogP contribution in [0.25, 0.3) is 0 Å². The number of aryl methyl sites for hydroxylation is 1. The summed E-state index contributed by atoms with van der Waals surface area (Å²) in [6.45, 7) is 2.68. The molecule has 0 saturated carbocycles. The van der Waals surface area contributed by atoms with Crippen molar-refractivity contribution < 1.29 is 9.59 Å². The number of hydrogen-bond donors (Lipinski definition) is 2. The summed E-state index contributed by atoms with van der Waals surface area (Å²) in [6.07, 6.45) is 1.48. The summed E-state index contributed by atoms with van der Waals surface area (Å²) in [4.78, 5) is 26.9. The average molecular weight is 323 g/mol. The van der Waals surface area contributed by atoms with E-state index in [1.54, 1.807) is 29.2 Å².